The lowest BCUT2D eigenvalue weighted by molar-refractivity contribution is 0.180. The van der Waals surface area contributed by atoms with Gasteiger partial charge >= 0.3 is 6.09 Å². The molecule has 1 atom stereocenters. The van der Waals surface area contributed by atoms with Gasteiger partial charge in [-0.3, -0.25) is 0 Å². The molecule has 2 rings (SSSR count). The summed E-state index contributed by atoms with van der Waals surface area (Å²) >= 11 is 7.18. The summed E-state index contributed by atoms with van der Waals surface area (Å²) in [6.45, 7) is 2.23. The zero-order valence-corrected chi connectivity index (χ0v) is 10.1. The molecule has 1 aromatic rings. The summed E-state index contributed by atoms with van der Waals surface area (Å²) in [6.07, 6.45) is 2.01. The summed E-state index contributed by atoms with van der Waals surface area (Å²) < 4.78 is 5.23. The van der Waals surface area contributed by atoms with Crippen LogP contribution in [0.25, 0.3) is 0 Å². The molecule has 1 aliphatic heterocycles. The molecule has 0 fully saturated rings. The van der Waals surface area contributed by atoms with Crippen molar-refractivity contribution in [3.05, 3.63) is 15.5 Å². The number of ether oxygens (including phenoxy) is 1. The number of rotatable bonds is 3. The third-order valence-corrected chi connectivity index (χ3v) is 3.14. The quantitative estimate of drug-likeness (QED) is 0.900. The molecule has 0 bridgehead atoms. The number of cyclic esters (lactones) is 1. The van der Waals surface area contributed by atoms with E-state index in [0.717, 1.165) is 11.3 Å². The second kappa shape index (κ2) is 4.80. The number of nitrogens with zero attached hydrogens (tertiary/aromatic N) is 2. The molecule has 0 aromatic carbocycles. The van der Waals surface area contributed by atoms with Gasteiger partial charge in [-0.05, 0) is 6.92 Å². The molecular weight excluding hydrogens is 250 g/mol. The maximum absolute atomic E-state index is 10.7. The lowest BCUT2D eigenvalue weighted by atomic mass is 10.2. The van der Waals surface area contributed by atoms with Crippen molar-refractivity contribution in [3.8, 4) is 0 Å². The van der Waals surface area contributed by atoms with Crippen LogP contribution in [-0.4, -0.2) is 29.6 Å². The van der Waals surface area contributed by atoms with Gasteiger partial charge in [0, 0.05) is 23.5 Å². The van der Waals surface area contributed by atoms with Crippen LogP contribution in [0.3, 0.4) is 0 Å². The molecule has 0 saturated heterocycles. The van der Waals surface area contributed by atoms with Crippen LogP contribution in [0.1, 0.15) is 11.8 Å². The minimum atomic E-state index is -0.532. The van der Waals surface area contributed by atoms with E-state index in [1.165, 1.54) is 11.3 Å². The summed E-state index contributed by atoms with van der Waals surface area (Å²) in [5.74, 6) is 0.577. The van der Waals surface area contributed by atoms with E-state index in [-0.39, 0.29) is 12.6 Å². The Morgan fingerprint density at radius 3 is 3.12 bits per heavy atom. The van der Waals surface area contributed by atoms with Crippen LogP contribution in [0.2, 0.25) is 4.47 Å². The number of amidine groups is 1. The Balaban J connectivity index is 1.87. The van der Waals surface area contributed by atoms with Crippen molar-refractivity contribution in [2.24, 2.45) is 4.99 Å². The Labute approximate surface area is 101 Å². The summed E-state index contributed by atoms with van der Waals surface area (Å²) in [6, 6.07) is 0.157. The number of nitrogens with one attached hydrogen (secondary N) is 1. The number of carbonyl (C=O) groups excluding carboxylic acids is 1. The molecule has 5 nitrogen and oxygen atoms in total. The fourth-order valence-corrected chi connectivity index (χ4v) is 2.50. The molecule has 0 aliphatic carbocycles. The highest BCUT2D eigenvalue weighted by Crippen LogP contribution is 2.19. The Kier molecular flexibility index (Phi) is 3.40. The van der Waals surface area contributed by atoms with Crippen LogP contribution in [0.5, 0.6) is 0 Å². The lowest BCUT2D eigenvalue weighted by Gasteiger charge is -2.12. The van der Waals surface area contributed by atoms with E-state index in [9.17, 15) is 4.79 Å². The van der Waals surface area contributed by atoms with Gasteiger partial charge in [-0.25, -0.2) is 9.78 Å². The first-order valence-corrected chi connectivity index (χ1v) is 5.94. The summed E-state index contributed by atoms with van der Waals surface area (Å²) in [7, 11) is 0. The van der Waals surface area contributed by atoms with Gasteiger partial charge in [0.2, 0.25) is 0 Å². The monoisotopic (exact) mass is 259 g/mol. The molecule has 0 radical (unpaired) electrons. The van der Waals surface area contributed by atoms with Crippen LogP contribution in [-0.2, 0) is 11.2 Å². The number of hydrogen-bond acceptors (Lipinski definition) is 5. The van der Waals surface area contributed by atoms with Gasteiger partial charge < -0.3 is 10.1 Å². The summed E-state index contributed by atoms with van der Waals surface area (Å²) in [5.41, 5.74) is 0. The Bertz CT molecular complexity index is 432. The predicted molar refractivity (Wildman–Crippen MR) is 62.2 cm³/mol. The van der Waals surface area contributed by atoms with E-state index in [2.05, 4.69) is 20.0 Å². The van der Waals surface area contributed by atoms with E-state index >= 15 is 0 Å². The van der Waals surface area contributed by atoms with Crippen LogP contribution in [0.4, 0.5) is 4.79 Å². The van der Waals surface area contributed by atoms with Gasteiger partial charge in [0.1, 0.15) is 5.84 Å². The maximum Gasteiger partial charge on any atom is 0.435 e. The molecule has 1 unspecified atom stereocenters. The lowest BCUT2D eigenvalue weighted by Crippen LogP contribution is -2.34. The molecule has 7 heteroatoms. The Morgan fingerprint density at radius 2 is 2.56 bits per heavy atom. The van der Waals surface area contributed by atoms with E-state index in [1.54, 1.807) is 6.20 Å². The fourth-order valence-electron chi connectivity index (χ4n) is 1.39. The zero-order chi connectivity index (χ0) is 11.5. The van der Waals surface area contributed by atoms with Crippen LogP contribution >= 0.6 is 22.9 Å². The number of hydrogen-bond donors (Lipinski definition) is 1. The molecule has 0 spiro atoms. The third kappa shape index (κ3) is 2.93. The minimum Gasteiger partial charge on any atom is -0.440 e. The summed E-state index contributed by atoms with van der Waals surface area (Å²) in [4.78, 5) is 19.5. The smallest absolute Gasteiger partial charge is 0.435 e. The van der Waals surface area contributed by atoms with Crippen molar-refractivity contribution in [1.82, 2.24) is 10.3 Å². The van der Waals surface area contributed by atoms with Crippen molar-refractivity contribution in [1.29, 1.82) is 0 Å². The van der Waals surface area contributed by atoms with E-state index in [4.69, 9.17) is 11.6 Å². The Morgan fingerprint density at radius 1 is 1.75 bits per heavy atom. The van der Waals surface area contributed by atoms with Crippen molar-refractivity contribution in [2.45, 2.75) is 19.4 Å². The third-order valence-electron chi connectivity index (χ3n) is 2.00. The summed E-state index contributed by atoms with van der Waals surface area (Å²) in [5, 5.41) is 3.11. The number of amides is 1. The number of aliphatic imine (C=N–C) groups is 1. The maximum atomic E-state index is 10.7. The normalized spacial score (nSPS) is 16.9. The van der Waals surface area contributed by atoms with Crippen molar-refractivity contribution >= 4 is 34.9 Å². The molecule has 86 valence electrons. The number of carbonyl (C=O) groups is 1. The largest absolute Gasteiger partial charge is 0.440 e. The van der Waals surface area contributed by atoms with Crippen molar-refractivity contribution in [3.63, 3.8) is 0 Å². The average molecular weight is 260 g/mol. The van der Waals surface area contributed by atoms with Crippen molar-refractivity contribution in [2.75, 3.05) is 6.61 Å². The zero-order valence-electron chi connectivity index (χ0n) is 8.57. The standard InChI is InChI=1S/C9H10ClN3O2S/c1-5(2-6-3-11-8(10)16-6)12-7-4-15-9(14)13-7/h3,5H,2,4H2,1H3,(H,12,13,14). The van der Waals surface area contributed by atoms with Gasteiger partial charge in [0.25, 0.3) is 0 Å². The topological polar surface area (TPSA) is 63.6 Å². The molecule has 1 amide bonds. The number of thiazole rings is 1. The second-order valence-corrected chi connectivity index (χ2v) is 5.14. The molecule has 2 heterocycles. The van der Waals surface area contributed by atoms with Crippen LogP contribution < -0.4 is 5.32 Å². The van der Waals surface area contributed by atoms with Crippen LogP contribution in [0, 0.1) is 0 Å². The Hall–Kier alpha value is -1.14. The molecule has 1 N–H and O–H groups in total. The van der Waals surface area contributed by atoms with Gasteiger partial charge in [-0.2, -0.15) is 4.99 Å². The highest BCUT2D eigenvalue weighted by atomic mass is 35.5. The van der Waals surface area contributed by atoms with Crippen molar-refractivity contribution < 1.29 is 9.53 Å². The van der Waals surface area contributed by atoms with Gasteiger partial charge in [0.05, 0.1) is 0 Å². The molecule has 0 saturated carbocycles. The first kappa shape index (κ1) is 11.3. The number of aromatic nitrogens is 1. The van der Waals surface area contributed by atoms with E-state index < -0.39 is 6.09 Å². The van der Waals surface area contributed by atoms with Gasteiger partial charge in [0.15, 0.2) is 11.1 Å². The van der Waals surface area contributed by atoms with E-state index in [1.807, 2.05) is 6.92 Å². The van der Waals surface area contributed by atoms with Gasteiger partial charge in [-0.1, -0.05) is 11.6 Å². The molecule has 1 aliphatic rings. The SMILES string of the molecule is CC(Cc1cnc(Cl)s1)NC1=NC(=O)OC1. The molecule has 16 heavy (non-hydrogen) atoms. The highest BCUT2D eigenvalue weighted by molar-refractivity contribution is 7.15. The van der Waals surface area contributed by atoms with Crippen LogP contribution in [0.15, 0.2) is 11.2 Å². The van der Waals surface area contributed by atoms with E-state index in [0.29, 0.717) is 10.3 Å². The minimum absolute atomic E-state index is 0.157. The first-order valence-electron chi connectivity index (χ1n) is 4.74. The molecular formula is C9H10ClN3O2S. The average Bonchev–Trinajstić information content (AvgIpc) is 2.76. The predicted octanol–water partition coefficient (Wildman–Crippen LogP) is 1.87. The fraction of sp³-hybridized carbons (Fsp3) is 0.444. The first-order chi connectivity index (χ1) is 7.63. The van der Waals surface area contributed by atoms with Gasteiger partial charge in [-0.15, -0.1) is 11.3 Å². The molecule has 1 aromatic heterocycles. The highest BCUT2D eigenvalue weighted by Gasteiger charge is 2.16. The number of halogens is 1. The second-order valence-electron chi connectivity index (χ2n) is 3.44.